The van der Waals surface area contributed by atoms with Gasteiger partial charge in [-0.3, -0.25) is 4.79 Å². The summed E-state index contributed by atoms with van der Waals surface area (Å²) in [6.07, 6.45) is 1.12. The summed E-state index contributed by atoms with van der Waals surface area (Å²) in [5, 5.41) is 0. The summed E-state index contributed by atoms with van der Waals surface area (Å²) in [7, 11) is -0.647. The van der Waals surface area contributed by atoms with E-state index in [-0.39, 0.29) is 10.8 Å². The molecule has 1 aliphatic heterocycles. The predicted molar refractivity (Wildman–Crippen MR) is 93.9 cm³/mol. The second-order valence-electron chi connectivity index (χ2n) is 6.59. The van der Waals surface area contributed by atoms with E-state index in [4.69, 9.17) is 0 Å². The maximum atomic E-state index is 12.8. The molecule has 23 heavy (non-hydrogen) atoms. The van der Waals surface area contributed by atoms with Crippen LogP contribution < -0.4 is 0 Å². The van der Waals surface area contributed by atoms with E-state index in [1.807, 2.05) is 4.90 Å². The van der Waals surface area contributed by atoms with Gasteiger partial charge < -0.3 is 4.90 Å². The molecule has 1 heterocycles. The second-order valence-corrected chi connectivity index (χ2v) is 9.56. The van der Waals surface area contributed by atoms with Gasteiger partial charge in [-0.2, -0.15) is 0 Å². The quantitative estimate of drug-likeness (QED) is 0.780. The maximum Gasteiger partial charge on any atom is 0.253 e. The molecule has 0 aromatic heterocycles. The molecule has 1 aromatic rings. The van der Waals surface area contributed by atoms with E-state index in [1.54, 1.807) is 12.1 Å². The van der Waals surface area contributed by atoms with Crippen molar-refractivity contribution in [1.82, 2.24) is 9.21 Å². The third kappa shape index (κ3) is 3.95. The Morgan fingerprint density at radius 3 is 2.30 bits per heavy atom. The van der Waals surface area contributed by atoms with E-state index in [0.717, 1.165) is 23.8 Å². The average Bonchev–Trinajstić information content (AvgIpc) is 2.45. The van der Waals surface area contributed by atoms with Gasteiger partial charge in [0.15, 0.2) is 0 Å². The maximum absolute atomic E-state index is 12.8. The van der Waals surface area contributed by atoms with Gasteiger partial charge in [0.2, 0.25) is 10.0 Å². The molecule has 5 nitrogen and oxygen atoms in total. The minimum absolute atomic E-state index is 0.105. The summed E-state index contributed by atoms with van der Waals surface area (Å²) in [5.41, 5.74) is 0.412. The van der Waals surface area contributed by atoms with Crippen LogP contribution in [0.5, 0.6) is 0 Å². The number of hydrogen-bond acceptors (Lipinski definition) is 3. The largest absolute Gasteiger partial charge is 0.338 e. The van der Waals surface area contributed by atoms with Crippen molar-refractivity contribution in [1.29, 1.82) is 0 Å². The van der Waals surface area contributed by atoms with E-state index in [0.29, 0.717) is 21.9 Å². The van der Waals surface area contributed by atoms with Gasteiger partial charge in [0, 0.05) is 37.2 Å². The van der Waals surface area contributed by atoms with Gasteiger partial charge in [-0.15, -0.1) is 0 Å². The van der Waals surface area contributed by atoms with Crippen LogP contribution in [0.25, 0.3) is 0 Å². The normalized spacial score (nSPS) is 22.4. The highest BCUT2D eigenvalue weighted by Gasteiger charge is 2.28. The molecule has 128 valence electrons. The Labute approximate surface area is 146 Å². The topological polar surface area (TPSA) is 57.7 Å². The molecule has 1 fully saturated rings. The third-order valence-electron chi connectivity index (χ3n) is 4.09. The van der Waals surface area contributed by atoms with Gasteiger partial charge in [-0.05, 0) is 52.4 Å². The minimum atomic E-state index is -3.60. The Bertz CT molecular complexity index is 693. The summed E-state index contributed by atoms with van der Waals surface area (Å²) in [6.45, 7) is 5.71. The van der Waals surface area contributed by atoms with Crippen LogP contribution in [0.1, 0.15) is 30.6 Å². The number of rotatable bonds is 3. The number of sulfonamides is 1. The van der Waals surface area contributed by atoms with Gasteiger partial charge in [0.05, 0.1) is 4.90 Å². The fourth-order valence-electron chi connectivity index (χ4n) is 3.04. The number of benzene rings is 1. The fourth-order valence-corrected chi connectivity index (χ4v) is 4.89. The summed E-state index contributed by atoms with van der Waals surface area (Å²) in [6, 6.07) is 4.76. The molecule has 1 amide bonds. The molecule has 0 spiro atoms. The number of carbonyl (C=O) groups excluding carboxylic acids is 1. The van der Waals surface area contributed by atoms with Crippen molar-refractivity contribution in [2.24, 2.45) is 11.8 Å². The molecule has 2 rings (SSSR count). The number of amides is 1. The molecule has 0 N–H and O–H groups in total. The standard InChI is InChI=1S/C16H23BrN2O3S/c1-11-7-12(2)10-19(9-11)16(20)13-5-6-14(17)15(8-13)23(21,22)18(3)4/h5-6,8,11-12H,7,9-10H2,1-4H3/t11-,12+. The lowest BCUT2D eigenvalue weighted by Gasteiger charge is -2.35. The Morgan fingerprint density at radius 2 is 1.78 bits per heavy atom. The van der Waals surface area contributed by atoms with Crippen molar-refractivity contribution in [3.63, 3.8) is 0 Å². The van der Waals surface area contributed by atoms with Crippen molar-refractivity contribution < 1.29 is 13.2 Å². The zero-order valence-corrected chi connectivity index (χ0v) is 16.3. The second kappa shape index (κ2) is 6.91. The molecule has 0 saturated carbocycles. The van der Waals surface area contributed by atoms with E-state index in [1.165, 1.54) is 20.2 Å². The molecule has 7 heteroatoms. The Morgan fingerprint density at radius 1 is 1.22 bits per heavy atom. The smallest absolute Gasteiger partial charge is 0.253 e. The van der Waals surface area contributed by atoms with Crippen molar-refractivity contribution >= 4 is 31.9 Å². The highest BCUT2D eigenvalue weighted by molar-refractivity contribution is 9.10. The molecule has 0 aliphatic carbocycles. The van der Waals surface area contributed by atoms with E-state index in [9.17, 15) is 13.2 Å². The Balaban J connectivity index is 2.36. The van der Waals surface area contributed by atoms with Gasteiger partial charge in [-0.25, -0.2) is 12.7 Å². The molecule has 1 saturated heterocycles. The Hall–Kier alpha value is -0.920. The first-order valence-corrected chi connectivity index (χ1v) is 9.87. The summed E-state index contributed by atoms with van der Waals surface area (Å²) in [5.74, 6) is 0.817. The van der Waals surface area contributed by atoms with Crippen LogP contribution in [0.15, 0.2) is 27.6 Å². The molecule has 2 atom stereocenters. The zero-order chi connectivity index (χ0) is 17.4. The van der Waals surface area contributed by atoms with Crippen LogP contribution in [0, 0.1) is 11.8 Å². The third-order valence-corrected chi connectivity index (χ3v) is 6.90. The number of halogens is 1. The van der Waals surface area contributed by atoms with Crippen molar-refractivity contribution in [3.05, 3.63) is 28.2 Å². The van der Waals surface area contributed by atoms with Gasteiger partial charge in [0.25, 0.3) is 5.91 Å². The lowest BCUT2D eigenvalue weighted by atomic mass is 9.91. The zero-order valence-electron chi connectivity index (χ0n) is 13.9. The minimum Gasteiger partial charge on any atom is -0.338 e. The number of piperidine rings is 1. The monoisotopic (exact) mass is 402 g/mol. The SMILES string of the molecule is C[C@@H]1C[C@H](C)CN(C(=O)c2ccc(Br)c(S(=O)(=O)N(C)C)c2)C1. The van der Waals surface area contributed by atoms with Crippen LogP contribution >= 0.6 is 15.9 Å². The van der Waals surface area contributed by atoms with Crippen molar-refractivity contribution in [2.45, 2.75) is 25.2 Å². The number of hydrogen-bond donors (Lipinski definition) is 0. The molecular weight excluding hydrogens is 380 g/mol. The molecule has 0 bridgehead atoms. The number of nitrogens with zero attached hydrogens (tertiary/aromatic N) is 2. The van der Waals surface area contributed by atoms with Crippen LogP contribution in [0.2, 0.25) is 0 Å². The van der Waals surface area contributed by atoms with Crippen LogP contribution in [0.3, 0.4) is 0 Å². The summed E-state index contributed by atoms with van der Waals surface area (Å²) >= 11 is 3.27. The number of likely N-dealkylation sites (tertiary alicyclic amines) is 1. The number of carbonyl (C=O) groups is 1. The molecule has 0 radical (unpaired) electrons. The molecular formula is C16H23BrN2O3S. The molecule has 1 aliphatic rings. The van der Waals surface area contributed by atoms with Gasteiger partial charge in [-0.1, -0.05) is 13.8 Å². The van der Waals surface area contributed by atoms with Crippen LogP contribution in [-0.4, -0.2) is 50.7 Å². The first-order chi connectivity index (χ1) is 10.6. The highest BCUT2D eigenvalue weighted by atomic mass is 79.9. The van der Waals surface area contributed by atoms with E-state index in [2.05, 4.69) is 29.8 Å². The van der Waals surface area contributed by atoms with Crippen LogP contribution in [-0.2, 0) is 10.0 Å². The first-order valence-electron chi connectivity index (χ1n) is 7.64. The summed E-state index contributed by atoms with van der Waals surface area (Å²) in [4.78, 5) is 14.7. The van der Waals surface area contributed by atoms with Crippen LogP contribution in [0.4, 0.5) is 0 Å². The van der Waals surface area contributed by atoms with Crippen molar-refractivity contribution in [3.8, 4) is 0 Å². The highest BCUT2D eigenvalue weighted by Crippen LogP contribution is 2.27. The van der Waals surface area contributed by atoms with Crippen molar-refractivity contribution in [2.75, 3.05) is 27.2 Å². The average molecular weight is 403 g/mol. The molecule has 1 aromatic carbocycles. The van der Waals surface area contributed by atoms with E-state index >= 15 is 0 Å². The lowest BCUT2D eigenvalue weighted by Crippen LogP contribution is -2.42. The van der Waals surface area contributed by atoms with E-state index < -0.39 is 10.0 Å². The predicted octanol–water partition coefficient (Wildman–Crippen LogP) is 2.82. The summed E-state index contributed by atoms with van der Waals surface area (Å²) < 4.78 is 26.4. The lowest BCUT2D eigenvalue weighted by molar-refractivity contribution is 0.0623. The molecule has 0 unspecified atom stereocenters. The fraction of sp³-hybridized carbons (Fsp3) is 0.562. The Kier molecular flexibility index (Phi) is 5.53. The first kappa shape index (κ1) is 18.4. The van der Waals surface area contributed by atoms with Gasteiger partial charge >= 0.3 is 0 Å². The van der Waals surface area contributed by atoms with Gasteiger partial charge in [0.1, 0.15) is 0 Å².